The number of hydrogen-bond donors (Lipinski definition) is 1. The van der Waals surface area contributed by atoms with Crippen molar-refractivity contribution in [3.8, 4) is 16.9 Å². The van der Waals surface area contributed by atoms with Gasteiger partial charge in [-0.2, -0.15) is 5.10 Å². The molecule has 0 bridgehead atoms. The van der Waals surface area contributed by atoms with Gasteiger partial charge in [-0.15, -0.1) is 0 Å². The van der Waals surface area contributed by atoms with Crippen molar-refractivity contribution in [1.29, 1.82) is 0 Å². The van der Waals surface area contributed by atoms with Crippen LogP contribution in [0.4, 0.5) is 5.69 Å². The Morgan fingerprint density at radius 1 is 0.828 bits per heavy atom. The number of nitrogens with zero attached hydrogens (tertiary/aromatic N) is 2. The van der Waals surface area contributed by atoms with Crippen molar-refractivity contribution in [1.82, 2.24) is 9.78 Å². The molecule has 0 aliphatic heterocycles. The molecule has 0 aliphatic carbocycles. The van der Waals surface area contributed by atoms with Crippen LogP contribution >= 0.6 is 34.8 Å². The van der Waals surface area contributed by atoms with Crippen LogP contribution in [0.3, 0.4) is 0 Å². The topological polar surface area (TPSA) is 46.9 Å². The normalized spacial score (nSPS) is 10.7. The van der Waals surface area contributed by atoms with Crippen molar-refractivity contribution in [2.45, 2.75) is 0 Å². The molecule has 0 saturated heterocycles. The number of amides is 1. The van der Waals surface area contributed by atoms with E-state index >= 15 is 0 Å². The SMILES string of the molecule is O=C(Nc1ccc(Cl)c(Cl)c1)c1ccc(-n2ccc(-c3ccc(Cl)cc3)n2)cc1. The number of aromatic nitrogens is 2. The number of nitrogens with one attached hydrogen (secondary N) is 1. The fraction of sp³-hybridized carbons (Fsp3) is 0. The molecule has 1 amide bonds. The van der Waals surface area contributed by atoms with Crippen molar-refractivity contribution in [3.63, 3.8) is 0 Å². The van der Waals surface area contributed by atoms with Crippen molar-refractivity contribution in [3.05, 3.63) is 99.6 Å². The average molecular weight is 443 g/mol. The Hall–Kier alpha value is -2.79. The molecule has 0 aliphatic rings. The Bertz CT molecular complexity index is 1170. The number of carbonyl (C=O) groups excluding carboxylic acids is 1. The summed E-state index contributed by atoms with van der Waals surface area (Å²) in [4.78, 5) is 12.5. The molecule has 3 aromatic carbocycles. The van der Waals surface area contributed by atoms with E-state index in [0.29, 0.717) is 26.3 Å². The highest BCUT2D eigenvalue weighted by Crippen LogP contribution is 2.25. The quantitative estimate of drug-likeness (QED) is 0.380. The van der Waals surface area contributed by atoms with Gasteiger partial charge in [-0.1, -0.05) is 46.9 Å². The minimum Gasteiger partial charge on any atom is -0.322 e. The van der Waals surface area contributed by atoms with Gasteiger partial charge in [0.2, 0.25) is 0 Å². The summed E-state index contributed by atoms with van der Waals surface area (Å²) < 4.78 is 1.75. The van der Waals surface area contributed by atoms with Gasteiger partial charge in [0.25, 0.3) is 5.91 Å². The third-order valence-corrected chi connectivity index (χ3v) is 5.29. The maximum absolute atomic E-state index is 12.5. The number of rotatable bonds is 4. The van der Waals surface area contributed by atoms with Crippen LogP contribution in [0.2, 0.25) is 15.1 Å². The third kappa shape index (κ3) is 4.46. The molecule has 1 aromatic heterocycles. The Balaban J connectivity index is 1.49. The van der Waals surface area contributed by atoms with Gasteiger partial charge in [-0.3, -0.25) is 4.79 Å². The second kappa shape index (κ2) is 8.29. The summed E-state index contributed by atoms with van der Waals surface area (Å²) in [5.74, 6) is -0.239. The summed E-state index contributed by atoms with van der Waals surface area (Å²) in [6, 6.07) is 21.5. The van der Waals surface area contributed by atoms with Gasteiger partial charge in [0.1, 0.15) is 0 Å². The first-order chi connectivity index (χ1) is 14.0. The van der Waals surface area contributed by atoms with Gasteiger partial charge in [0.05, 0.1) is 21.4 Å². The summed E-state index contributed by atoms with van der Waals surface area (Å²) in [6.07, 6.45) is 1.87. The van der Waals surface area contributed by atoms with E-state index in [4.69, 9.17) is 34.8 Å². The van der Waals surface area contributed by atoms with Gasteiger partial charge in [0, 0.05) is 28.0 Å². The highest BCUT2D eigenvalue weighted by molar-refractivity contribution is 6.42. The zero-order valence-electron chi connectivity index (χ0n) is 14.9. The molecule has 0 spiro atoms. The van der Waals surface area contributed by atoms with E-state index in [9.17, 15) is 4.79 Å². The first-order valence-corrected chi connectivity index (χ1v) is 9.81. The van der Waals surface area contributed by atoms with Crippen molar-refractivity contribution < 1.29 is 4.79 Å². The lowest BCUT2D eigenvalue weighted by Crippen LogP contribution is -2.12. The van der Waals surface area contributed by atoms with E-state index in [1.165, 1.54) is 0 Å². The zero-order chi connectivity index (χ0) is 20.4. The average Bonchev–Trinajstić information content (AvgIpc) is 3.21. The Kier molecular flexibility index (Phi) is 5.58. The molecule has 0 radical (unpaired) electrons. The summed E-state index contributed by atoms with van der Waals surface area (Å²) in [5, 5.41) is 8.89. The Labute approximate surface area is 182 Å². The first kappa shape index (κ1) is 19.5. The number of halogens is 3. The van der Waals surface area contributed by atoms with Crippen LogP contribution in [0.15, 0.2) is 79.0 Å². The van der Waals surface area contributed by atoms with Gasteiger partial charge < -0.3 is 5.32 Å². The van der Waals surface area contributed by atoms with Crippen LogP contribution in [-0.4, -0.2) is 15.7 Å². The smallest absolute Gasteiger partial charge is 0.255 e. The number of hydrogen-bond acceptors (Lipinski definition) is 2. The lowest BCUT2D eigenvalue weighted by atomic mass is 10.2. The fourth-order valence-electron chi connectivity index (χ4n) is 2.79. The predicted octanol–water partition coefficient (Wildman–Crippen LogP) is 6.75. The fourth-order valence-corrected chi connectivity index (χ4v) is 3.21. The molecule has 0 atom stereocenters. The summed E-state index contributed by atoms with van der Waals surface area (Å²) in [5.41, 5.74) is 3.75. The molecular weight excluding hydrogens is 429 g/mol. The van der Waals surface area contributed by atoms with Crippen LogP contribution in [0, 0.1) is 0 Å². The number of benzene rings is 3. The monoisotopic (exact) mass is 441 g/mol. The molecule has 0 saturated carbocycles. The molecule has 4 rings (SSSR count). The van der Waals surface area contributed by atoms with Crippen molar-refractivity contribution in [2.75, 3.05) is 5.32 Å². The van der Waals surface area contributed by atoms with Crippen molar-refractivity contribution >= 4 is 46.4 Å². The second-order valence-electron chi connectivity index (χ2n) is 6.28. The van der Waals surface area contributed by atoms with Crippen LogP contribution in [0.5, 0.6) is 0 Å². The first-order valence-electron chi connectivity index (χ1n) is 8.68. The summed E-state index contributed by atoms with van der Waals surface area (Å²) in [7, 11) is 0. The zero-order valence-corrected chi connectivity index (χ0v) is 17.2. The van der Waals surface area contributed by atoms with E-state index in [1.807, 2.05) is 48.7 Å². The van der Waals surface area contributed by atoms with Gasteiger partial charge in [0.15, 0.2) is 0 Å². The maximum atomic E-state index is 12.5. The van der Waals surface area contributed by atoms with E-state index in [1.54, 1.807) is 35.0 Å². The molecule has 144 valence electrons. The highest BCUT2D eigenvalue weighted by Gasteiger charge is 2.09. The standard InChI is InChI=1S/C22H14Cl3N3O/c23-16-5-1-14(2-6-16)21-11-12-28(27-21)18-8-3-15(4-9-18)22(29)26-17-7-10-19(24)20(25)13-17/h1-13H,(H,26,29). The maximum Gasteiger partial charge on any atom is 0.255 e. The molecule has 0 fully saturated rings. The van der Waals surface area contributed by atoms with Crippen molar-refractivity contribution in [2.24, 2.45) is 0 Å². The van der Waals surface area contributed by atoms with Gasteiger partial charge in [-0.25, -0.2) is 4.68 Å². The molecule has 1 heterocycles. The molecular formula is C22H14Cl3N3O. The summed E-state index contributed by atoms with van der Waals surface area (Å²) in [6.45, 7) is 0. The van der Waals surface area contributed by atoms with Crippen LogP contribution in [-0.2, 0) is 0 Å². The highest BCUT2D eigenvalue weighted by atomic mass is 35.5. The molecule has 0 unspecified atom stereocenters. The van der Waals surface area contributed by atoms with Gasteiger partial charge in [-0.05, 0) is 60.7 Å². The second-order valence-corrected chi connectivity index (χ2v) is 7.53. The number of carbonyl (C=O) groups is 1. The van der Waals surface area contributed by atoms with Gasteiger partial charge >= 0.3 is 0 Å². The molecule has 4 aromatic rings. The van der Waals surface area contributed by atoms with Crippen LogP contribution in [0.25, 0.3) is 16.9 Å². The Morgan fingerprint density at radius 3 is 2.24 bits per heavy atom. The van der Waals surface area contributed by atoms with Crippen LogP contribution in [0.1, 0.15) is 10.4 Å². The largest absolute Gasteiger partial charge is 0.322 e. The van der Waals surface area contributed by atoms with E-state index in [-0.39, 0.29) is 5.91 Å². The van der Waals surface area contributed by atoms with E-state index in [0.717, 1.165) is 16.9 Å². The predicted molar refractivity (Wildman–Crippen MR) is 118 cm³/mol. The number of anilines is 1. The van der Waals surface area contributed by atoms with E-state index in [2.05, 4.69) is 10.4 Å². The molecule has 7 heteroatoms. The van der Waals surface area contributed by atoms with E-state index < -0.39 is 0 Å². The lowest BCUT2D eigenvalue weighted by molar-refractivity contribution is 0.102. The minimum atomic E-state index is -0.239. The summed E-state index contributed by atoms with van der Waals surface area (Å²) >= 11 is 17.8. The van der Waals surface area contributed by atoms with Crippen LogP contribution < -0.4 is 5.32 Å². The lowest BCUT2D eigenvalue weighted by Gasteiger charge is -2.07. The molecule has 4 nitrogen and oxygen atoms in total. The third-order valence-electron chi connectivity index (χ3n) is 4.30. The molecule has 29 heavy (non-hydrogen) atoms. The molecule has 1 N–H and O–H groups in total. The minimum absolute atomic E-state index is 0.239. The Morgan fingerprint density at radius 2 is 1.55 bits per heavy atom.